The van der Waals surface area contributed by atoms with E-state index in [0.29, 0.717) is 19.3 Å². The molecule has 0 saturated carbocycles. The highest BCUT2D eigenvalue weighted by atomic mass is 32.2. The first-order chi connectivity index (χ1) is 14.0. The van der Waals surface area contributed by atoms with Gasteiger partial charge < -0.3 is 15.3 Å². The summed E-state index contributed by atoms with van der Waals surface area (Å²) in [5, 5.41) is 11.3. The van der Waals surface area contributed by atoms with Crippen molar-refractivity contribution in [2.75, 3.05) is 12.8 Å². The summed E-state index contributed by atoms with van der Waals surface area (Å²) >= 11 is 1.70. The lowest BCUT2D eigenvalue weighted by atomic mass is 9.86. The van der Waals surface area contributed by atoms with Crippen molar-refractivity contribution in [1.82, 2.24) is 10.2 Å². The van der Waals surface area contributed by atoms with E-state index in [9.17, 15) is 14.4 Å². The fourth-order valence-corrected chi connectivity index (χ4v) is 4.67. The van der Waals surface area contributed by atoms with Crippen molar-refractivity contribution in [2.45, 2.75) is 36.2 Å². The number of nitrogens with zero attached hydrogens (tertiary/aromatic N) is 1. The van der Waals surface area contributed by atoms with E-state index in [4.69, 9.17) is 5.11 Å². The highest BCUT2D eigenvalue weighted by Gasteiger charge is 2.44. The first-order valence-corrected chi connectivity index (χ1v) is 10.8. The van der Waals surface area contributed by atoms with Crippen LogP contribution >= 0.6 is 11.8 Å². The monoisotopic (exact) mass is 410 g/mol. The molecule has 0 aromatic heterocycles. The molecule has 2 amide bonds. The molecule has 7 heteroatoms. The second-order valence-corrected chi connectivity index (χ2v) is 8.21. The van der Waals surface area contributed by atoms with Crippen LogP contribution in [0.15, 0.2) is 47.4 Å². The zero-order chi connectivity index (χ0) is 20.5. The van der Waals surface area contributed by atoms with E-state index in [2.05, 4.69) is 35.6 Å². The van der Waals surface area contributed by atoms with Gasteiger partial charge in [-0.2, -0.15) is 0 Å². The molecule has 2 aromatic rings. The molecule has 2 heterocycles. The number of amides is 2. The predicted molar refractivity (Wildman–Crippen MR) is 111 cm³/mol. The molecular weight excluding hydrogens is 388 g/mol. The number of benzene rings is 2. The van der Waals surface area contributed by atoms with Gasteiger partial charge in [-0.3, -0.25) is 14.4 Å². The second-order valence-electron chi connectivity index (χ2n) is 7.33. The van der Waals surface area contributed by atoms with Gasteiger partial charge in [0.05, 0.1) is 6.04 Å². The summed E-state index contributed by atoms with van der Waals surface area (Å²) in [6.07, 6.45) is 3.51. The van der Waals surface area contributed by atoms with Crippen LogP contribution in [-0.2, 0) is 20.8 Å². The Balaban J connectivity index is 1.66. The van der Waals surface area contributed by atoms with E-state index >= 15 is 0 Å². The SMILES string of the molecule is CSc1ccc(-c2ccc3c(c2)[C@H]2CCC(=O)N2[C@H](C(=O)NCC(=O)O)C3)cc1. The van der Waals surface area contributed by atoms with Crippen molar-refractivity contribution in [3.8, 4) is 11.1 Å². The molecule has 29 heavy (non-hydrogen) atoms. The van der Waals surface area contributed by atoms with Gasteiger partial charge >= 0.3 is 5.97 Å². The molecule has 1 fully saturated rings. The van der Waals surface area contributed by atoms with E-state index in [1.807, 2.05) is 18.4 Å². The topological polar surface area (TPSA) is 86.7 Å². The number of carboxylic acid groups (broad SMARTS) is 1. The van der Waals surface area contributed by atoms with Crippen LogP contribution in [0.3, 0.4) is 0 Å². The Morgan fingerprint density at radius 3 is 2.59 bits per heavy atom. The molecule has 6 nitrogen and oxygen atoms in total. The number of fused-ring (bicyclic) bond motifs is 3. The van der Waals surface area contributed by atoms with Crippen molar-refractivity contribution >= 4 is 29.5 Å². The molecule has 0 unspecified atom stereocenters. The van der Waals surface area contributed by atoms with Crippen LogP contribution in [0.2, 0.25) is 0 Å². The van der Waals surface area contributed by atoms with E-state index in [1.54, 1.807) is 16.7 Å². The zero-order valence-electron chi connectivity index (χ0n) is 16.1. The highest BCUT2D eigenvalue weighted by molar-refractivity contribution is 7.98. The molecule has 0 radical (unpaired) electrons. The number of carboxylic acids is 1. The van der Waals surface area contributed by atoms with Gasteiger partial charge in [-0.1, -0.05) is 24.3 Å². The fraction of sp³-hybridized carbons (Fsp3) is 0.318. The lowest BCUT2D eigenvalue weighted by Gasteiger charge is -2.38. The van der Waals surface area contributed by atoms with Crippen LogP contribution in [0, 0.1) is 0 Å². The van der Waals surface area contributed by atoms with Gasteiger partial charge in [0.2, 0.25) is 11.8 Å². The third-order valence-electron chi connectivity index (χ3n) is 5.65. The lowest BCUT2D eigenvalue weighted by Crippen LogP contribution is -2.52. The van der Waals surface area contributed by atoms with Crippen molar-refractivity contribution in [1.29, 1.82) is 0 Å². The fourth-order valence-electron chi connectivity index (χ4n) is 4.26. The van der Waals surface area contributed by atoms with Crippen molar-refractivity contribution in [2.24, 2.45) is 0 Å². The van der Waals surface area contributed by atoms with E-state index in [0.717, 1.165) is 22.3 Å². The molecule has 150 valence electrons. The average Bonchev–Trinajstić information content (AvgIpc) is 3.13. The Bertz CT molecular complexity index is 973. The minimum atomic E-state index is -1.10. The molecule has 0 bridgehead atoms. The summed E-state index contributed by atoms with van der Waals surface area (Å²) in [6.45, 7) is -0.445. The number of thioether (sulfide) groups is 1. The van der Waals surface area contributed by atoms with Crippen LogP contribution in [0.1, 0.15) is 30.0 Å². The number of hydrogen-bond donors (Lipinski definition) is 2. The summed E-state index contributed by atoms with van der Waals surface area (Å²) in [6, 6.07) is 13.8. The van der Waals surface area contributed by atoms with Gasteiger partial charge in [0.15, 0.2) is 0 Å². The third kappa shape index (κ3) is 3.74. The number of rotatable bonds is 5. The van der Waals surface area contributed by atoms with Crippen LogP contribution in [0.5, 0.6) is 0 Å². The Kier molecular flexibility index (Phi) is 5.32. The van der Waals surface area contributed by atoms with Gasteiger partial charge in [-0.15, -0.1) is 11.8 Å². The predicted octanol–water partition coefficient (Wildman–Crippen LogP) is 2.86. The minimum absolute atomic E-state index is 0.0501. The zero-order valence-corrected chi connectivity index (χ0v) is 16.9. The standard InChI is InChI=1S/C22H22N2O4S/c1-29-16-6-4-13(5-7-16)14-2-3-15-11-19(22(28)23-12-21(26)27)24-18(17(15)10-14)8-9-20(24)25/h2-7,10,18-19H,8-9,11-12H2,1H3,(H,23,28)(H,26,27)/t18-,19+/m1/s1. The average molecular weight is 410 g/mol. The van der Waals surface area contributed by atoms with Crippen LogP contribution < -0.4 is 5.32 Å². The molecule has 2 atom stereocenters. The summed E-state index contributed by atoms with van der Waals surface area (Å²) in [5.41, 5.74) is 4.33. The smallest absolute Gasteiger partial charge is 0.322 e. The quantitative estimate of drug-likeness (QED) is 0.741. The van der Waals surface area contributed by atoms with Gasteiger partial charge in [0.25, 0.3) is 0 Å². The third-order valence-corrected chi connectivity index (χ3v) is 6.39. The summed E-state index contributed by atoms with van der Waals surface area (Å²) in [5.74, 6) is -1.56. The van der Waals surface area contributed by atoms with Crippen molar-refractivity contribution in [3.63, 3.8) is 0 Å². The van der Waals surface area contributed by atoms with Crippen LogP contribution in [0.25, 0.3) is 11.1 Å². The number of carbonyl (C=O) groups is 3. The lowest BCUT2D eigenvalue weighted by molar-refractivity contribution is -0.142. The first kappa shape index (κ1) is 19.5. The van der Waals surface area contributed by atoms with E-state index < -0.39 is 24.5 Å². The van der Waals surface area contributed by atoms with Crippen molar-refractivity contribution < 1.29 is 19.5 Å². The summed E-state index contributed by atoms with van der Waals surface area (Å²) < 4.78 is 0. The molecule has 2 N–H and O–H groups in total. The van der Waals surface area contributed by atoms with Gasteiger partial charge in [-0.05, 0) is 53.1 Å². The maximum atomic E-state index is 12.6. The van der Waals surface area contributed by atoms with Crippen LogP contribution in [-0.4, -0.2) is 46.6 Å². The van der Waals surface area contributed by atoms with E-state index in [-0.39, 0.29) is 11.9 Å². The second kappa shape index (κ2) is 7.91. The largest absolute Gasteiger partial charge is 0.480 e. The molecular formula is C22H22N2O4S. The summed E-state index contributed by atoms with van der Waals surface area (Å²) in [4.78, 5) is 38.8. The Labute approximate surface area is 173 Å². The number of carbonyl (C=O) groups excluding carboxylic acids is 2. The molecule has 0 aliphatic carbocycles. The van der Waals surface area contributed by atoms with Crippen molar-refractivity contribution in [3.05, 3.63) is 53.6 Å². The minimum Gasteiger partial charge on any atom is -0.480 e. The molecule has 0 spiro atoms. The Morgan fingerprint density at radius 2 is 1.90 bits per heavy atom. The number of hydrogen-bond acceptors (Lipinski definition) is 4. The molecule has 2 aliphatic heterocycles. The number of aliphatic carboxylic acids is 1. The van der Waals surface area contributed by atoms with Crippen LogP contribution in [0.4, 0.5) is 0 Å². The Morgan fingerprint density at radius 1 is 1.17 bits per heavy atom. The van der Waals surface area contributed by atoms with Gasteiger partial charge in [-0.25, -0.2) is 0 Å². The van der Waals surface area contributed by atoms with E-state index in [1.165, 1.54) is 4.90 Å². The van der Waals surface area contributed by atoms with Gasteiger partial charge in [0, 0.05) is 17.7 Å². The summed E-state index contributed by atoms with van der Waals surface area (Å²) in [7, 11) is 0. The molecule has 2 aromatic carbocycles. The number of nitrogens with one attached hydrogen (secondary N) is 1. The molecule has 4 rings (SSSR count). The first-order valence-electron chi connectivity index (χ1n) is 9.56. The van der Waals surface area contributed by atoms with Gasteiger partial charge in [0.1, 0.15) is 12.6 Å². The maximum absolute atomic E-state index is 12.6. The molecule has 2 aliphatic rings. The highest BCUT2D eigenvalue weighted by Crippen LogP contribution is 2.42. The molecule has 1 saturated heterocycles. The Hall–Kier alpha value is -2.80. The maximum Gasteiger partial charge on any atom is 0.322 e. The normalized spacial score (nSPS) is 20.2.